The molecule has 0 aliphatic carbocycles. The van der Waals surface area contributed by atoms with Gasteiger partial charge < -0.3 is 14.8 Å². The van der Waals surface area contributed by atoms with Crippen LogP contribution in [0.2, 0.25) is 0 Å². The van der Waals surface area contributed by atoms with Crippen LogP contribution in [0.3, 0.4) is 0 Å². The Morgan fingerprint density at radius 2 is 1.94 bits per heavy atom. The van der Waals surface area contributed by atoms with Crippen molar-refractivity contribution in [2.45, 2.75) is 18.9 Å². The zero-order valence-electron chi connectivity index (χ0n) is 10.4. The molecule has 18 heavy (non-hydrogen) atoms. The second-order valence-electron chi connectivity index (χ2n) is 4.32. The van der Waals surface area contributed by atoms with Gasteiger partial charge in [-0.05, 0) is 37.1 Å². The van der Waals surface area contributed by atoms with Crippen LogP contribution >= 0.6 is 0 Å². The van der Waals surface area contributed by atoms with Crippen molar-refractivity contribution in [3.8, 4) is 0 Å². The Balaban J connectivity index is 1.59. The molecule has 1 aromatic carbocycles. The lowest BCUT2D eigenvalue weighted by Gasteiger charge is -2.09. The highest BCUT2D eigenvalue weighted by molar-refractivity contribution is 5.14. The van der Waals surface area contributed by atoms with Crippen LogP contribution in [0.25, 0.3) is 0 Å². The van der Waals surface area contributed by atoms with Gasteiger partial charge in [-0.1, -0.05) is 30.3 Å². The largest absolute Gasteiger partial charge is 0.467 e. The van der Waals surface area contributed by atoms with Crippen LogP contribution in [0.15, 0.2) is 53.1 Å². The van der Waals surface area contributed by atoms with Crippen LogP contribution in [0.1, 0.15) is 23.8 Å². The lowest BCUT2D eigenvalue weighted by molar-refractivity contribution is 0.147. The van der Waals surface area contributed by atoms with Crippen molar-refractivity contribution >= 4 is 0 Å². The molecular formula is C15H19NO2. The van der Waals surface area contributed by atoms with Gasteiger partial charge in [-0.2, -0.15) is 0 Å². The van der Waals surface area contributed by atoms with E-state index in [0.717, 1.165) is 19.4 Å². The predicted octanol–water partition coefficient (Wildman–Crippen LogP) is 2.54. The van der Waals surface area contributed by atoms with Crippen molar-refractivity contribution in [2.24, 2.45) is 0 Å². The molecule has 3 nitrogen and oxygen atoms in total. The quantitative estimate of drug-likeness (QED) is 0.737. The fourth-order valence-electron chi connectivity index (χ4n) is 1.88. The van der Waals surface area contributed by atoms with E-state index in [0.29, 0.717) is 12.3 Å². The van der Waals surface area contributed by atoms with Gasteiger partial charge in [0, 0.05) is 6.54 Å². The van der Waals surface area contributed by atoms with Crippen LogP contribution in [0, 0.1) is 0 Å². The number of benzene rings is 1. The average molecular weight is 245 g/mol. The molecule has 0 bridgehead atoms. The number of nitrogens with one attached hydrogen (secondary N) is 1. The van der Waals surface area contributed by atoms with E-state index in [4.69, 9.17) is 4.42 Å². The van der Waals surface area contributed by atoms with E-state index in [2.05, 4.69) is 29.6 Å². The van der Waals surface area contributed by atoms with E-state index in [1.165, 1.54) is 5.56 Å². The number of aryl methyl sites for hydroxylation is 1. The lowest BCUT2D eigenvalue weighted by atomic mass is 10.1. The van der Waals surface area contributed by atoms with E-state index < -0.39 is 6.10 Å². The number of hydrogen-bond donors (Lipinski definition) is 2. The summed E-state index contributed by atoms with van der Waals surface area (Å²) in [5.74, 6) is 0.616. The minimum absolute atomic E-state index is 0.530. The Labute approximate surface area is 107 Å². The molecule has 2 N–H and O–H groups in total. The van der Waals surface area contributed by atoms with Crippen molar-refractivity contribution in [1.29, 1.82) is 0 Å². The first-order valence-corrected chi connectivity index (χ1v) is 6.32. The molecule has 0 saturated carbocycles. The van der Waals surface area contributed by atoms with Gasteiger partial charge in [0.2, 0.25) is 0 Å². The summed E-state index contributed by atoms with van der Waals surface area (Å²) < 4.78 is 5.13. The Morgan fingerprint density at radius 1 is 1.11 bits per heavy atom. The van der Waals surface area contributed by atoms with Gasteiger partial charge in [0.15, 0.2) is 0 Å². The van der Waals surface area contributed by atoms with Crippen molar-refractivity contribution in [3.05, 3.63) is 60.1 Å². The predicted molar refractivity (Wildman–Crippen MR) is 71.3 cm³/mol. The van der Waals surface area contributed by atoms with Crippen LogP contribution in [0.5, 0.6) is 0 Å². The molecular weight excluding hydrogens is 226 g/mol. The van der Waals surface area contributed by atoms with E-state index >= 15 is 0 Å². The van der Waals surface area contributed by atoms with E-state index in [9.17, 15) is 5.11 Å². The minimum atomic E-state index is -0.559. The molecule has 0 saturated heterocycles. The molecule has 1 aromatic heterocycles. The van der Waals surface area contributed by atoms with Gasteiger partial charge in [-0.25, -0.2) is 0 Å². The monoisotopic (exact) mass is 245 g/mol. The highest BCUT2D eigenvalue weighted by Gasteiger charge is 2.08. The Bertz CT molecular complexity index is 425. The maximum absolute atomic E-state index is 9.77. The number of rotatable bonds is 7. The average Bonchev–Trinajstić information content (AvgIpc) is 2.93. The van der Waals surface area contributed by atoms with Gasteiger partial charge in [-0.15, -0.1) is 0 Å². The van der Waals surface area contributed by atoms with Crippen LogP contribution < -0.4 is 5.32 Å². The number of furan rings is 1. The van der Waals surface area contributed by atoms with E-state index in [1.54, 1.807) is 18.4 Å². The number of aliphatic hydroxyl groups excluding tert-OH is 1. The van der Waals surface area contributed by atoms with Crippen molar-refractivity contribution < 1.29 is 9.52 Å². The molecule has 2 aromatic rings. The first-order valence-electron chi connectivity index (χ1n) is 6.32. The summed E-state index contributed by atoms with van der Waals surface area (Å²) in [6.45, 7) is 1.43. The van der Waals surface area contributed by atoms with Crippen LogP contribution in [-0.4, -0.2) is 18.2 Å². The molecule has 1 heterocycles. The van der Waals surface area contributed by atoms with Gasteiger partial charge in [0.05, 0.1) is 6.26 Å². The van der Waals surface area contributed by atoms with Gasteiger partial charge in [0.1, 0.15) is 11.9 Å². The smallest absolute Gasteiger partial charge is 0.133 e. The first kappa shape index (κ1) is 12.9. The molecule has 2 rings (SSSR count). The summed E-state index contributed by atoms with van der Waals surface area (Å²) in [6, 6.07) is 14.0. The van der Waals surface area contributed by atoms with Gasteiger partial charge >= 0.3 is 0 Å². The SMILES string of the molecule is OC(CNCCCc1ccccc1)c1ccco1. The fourth-order valence-corrected chi connectivity index (χ4v) is 1.88. The third-order valence-electron chi connectivity index (χ3n) is 2.87. The number of hydrogen-bond acceptors (Lipinski definition) is 3. The summed E-state index contributed by atoms with van der Waals surface area (Å²) >= 11 is 0. The molecule has 0 aliphatic heterocycles. The molecule has 0 aliphatic rings. The normalized spacial score (nSPS) is 12.5. The van der Waals surface area contributed by atoms with Crippen molar-refractivity contribution in [1.82, 2.24) is 5.32 Å². The standard InChI is InChI=1S/C15H19NO2/c17-14(15-9-5-11-18-15)12-16-10-4-8-13-6-2-1-3-7-13/h1-3,5-7,9,11,14,16-17H,4,8,10,12H2. The lowest BCUT2D eigenvalue weighted by Crippen LogP contribution is -2.22. The van der Waals surface area contributed by atoms with Gasteiger partial charge in [-0.3, -0.25) is 0 Å². The Hall–Kier alpha value is -1.58. The van der Waals surface area contributed by atoms with Crippen LogP contribution in [0.4, 0.5) is 0 Å². The maximum atomic E-state index is 9.77. The Kier molecular flexibility index (Phi) is 5.00. The maximum Gasteiger partial charge on any atom is 0.133 e. The third kappa shape index (κ3) is 4.02. The fraction of sp³-hybridized carbons (Fsp3) is 0.333. The molecule has 1 atom stereocenters. The summed E-state index contributed by atoms with van der Waals surface area (Å²) in [6.07, 6.45) is 3.14. The van der Waals surface area contributed by atoms with Crippen molar-refractivity contribution in [3.63, 3.8) is 0 Å². The molecule has 0 spiro atoms. The third-order valence-corrected chi connectivity index (χ3v) is 2.87. The topological polar surface area (TPSA) is 45.4 Å². The summed E-state index contributed by atoms with van der Waals surface area (Å²) in [5.41, 5.74) is 1.35. The molecule has 3 heteroatoms. The zero-order valence-corrected chi connectivity index (χ0v) is 10.4. The van der Waals surface area contributed by atoms with Crippen LogP contribution in [-0.2, 0) is 6.42 Å². The summed E-state index contributed by atoms with van der Waals surface area (Å²) in [4.78, 5) is 0. The van der Waals surface area contributed by atoms with E-state index in [1.807, 2.05) is 6.07 Å². The molecule has 0 fully saturated rings. The first-order chi connectivity index (χ1) is 8.86. The van der Waals surface area contributed by atoms with Gasteiger partial charge in [0.25, 0.3) is 0 Å². The zero-order chi connectivity index (χ0) is 12.6. The summed E-state index contributed by atoms with van der Waals surface area (Å²) in [5, 5.41) is 13.0. The highest BCUT2D eigenvalue weighted by Crippen LogP contribution is 2.11. The molecule has 0 amide bonds. The molecule has 96 valence electrons. The van der Waals surface area contributed by atoms with E-state index in [-0.39, 0.29) is 0 Å². The second kappa shape index (κ2) is 6.99. The second-order valence-corrected chi connectivity index (χ2v) is 4.32. The molecule has 1 unspecified atom stereocenters. The highest BCUT2D eigenvalue weighted by atomic mass is 16.4. The minimum Gasteiger partial charge on any atom is -0.467 e. The van der Waals surface area contributed by atoms with Crippen molar-refractivity contribution in [2.75, 3.05) is 13.1 Å². The summed E-state index contributed by atoms with van der Waals surface area (Å²) in [7, 11) is 0. The number of aliphatic hydroxyl groups is 1. The Morgan fingerprint density at radius 3 is 2.67 bits per heavy atom. The molecule has 0 radical (unpaired) electrons.